The highest BCUT2D eigenvalue weighted by atomic mass is 35.5. The number of hydrogen-bond donors (Lipinski definition) is 1. The van der Waals surface area contributed by atoms with Crippen molar-refractivity contribution in [2.75, 3.05) is 14.2 Å². The van der Waals surface area contributed by atoms with E-state index in [9.17, 15) is 14.9 Å². The number of rotatable bonds is 5. The van der Waals surface area contributed by atoms with E-state index in [-0.39, 0.29) is 38.7 Å². The van der Waals surface area contributed by atoms with Gasteiger partial charge in [-0.3, -0.25) is 14.9 Å². The molecule has 2 aromatic rings. The van der Waals surface area contributed by atoms with Gasteiger partial charge in [-0.1, -0.05) is 23.2 Å². The van der Waals surface area contributed by atoms with Crippen LogP contribution in [-0.4, -0.2) is 30.0 Å². The van der Waals surface area contributed by atoms with Crippen molar-refractivity contribution in [3.05, 3.63) is 50.1 Å². The molecule has 0 spiro atoms. The molecule has 0 saturated heterocycles. The van der Waals surface area contributed by atoms with Crippen molar-refractivity contribution in [2.24, 2.45) is 0 Å². The monoisotopic (exact) mass is 371 g/mol. The summed E-state index contributed by atoms with van der Waals surface area (Å²) in [5.74, 6) is -0.140. The number of nitro benzene ring substituents is 1. The van der Waals surface area contributed by atoms with Crippen LogP contribution in [0.1, 0.15) is 10.4 Å². The van der Waals surface area contributed by atoms with Gasteiger partial charge in [0.25, 0.3) is 11.6 Å². The van der Waals surface area contributed by atoms with Crippen molar-refractivity contribution in [3.63, 3.8) is 0 Å². The Morgan fingerprint density at radius 2 is 1.92 bits per heavy atom. The highest BCUT2D eigenvalue weighted by Crippen LogP contribution is 2.39. The van der Waals surface area contributed by atoms with E-state index in [1.54, 1.807) is 0 Å². The zero-order valence-electron chi connectivity index (χ0n) is 12.5. The Hall–Kier alpha value is -2.58. The number of hydrogen-bond acceptors (Lipinski definition) is 6. The quantitative estimate of drug-likeness (QED) is 0.637. The number of nitro groups is 1. The van der Waals surface area contributed by atoms with Crippen LogP contribution in [0.2, 0.25) is 10.0 Å². The van der Waals surface area contributed by atoms with Gasteiger partial charge in [0.2, 0.25) is 5.88 Å². The first-order valence-electron chi connectivity index (χ1n) is 6.44. The van der Waals surface area contributed by atoms with E-state index < -0.39 is 10.8 Å². The van der Waals surface area contributed by atoms with Gasteiger partial charge < -0.3 is 14.8 Å². The summed E-state index contributed by atoms with van der Waals surface area (Å²) in [5, 5.41) is 13.1. The van der Waals surface area contributed by atoms with Crippen molar-refractivity contribution >= 4 is 34.8 Å². The second-order valence-electron chi connectivity index (χ2n) is 4.40. The maximum atomic E-state index is 11.8. The SMILES string of the molecule is CNC(=O)c1cc(Oc2c(Cl)cc([N+](=O)[O-])cc2Cl)cnc1OC. The van der Waals surface area contributed by atoms with E-state index in [4.69, 9.17) is 32.7 Å². The molecule has 24 heavy (non-hydrogen) atoms. The molecule has 126 valence electrons. The summed E-state index contributed by atoms with van der Waals surface area (Å²) < 4.78 is 10.5. The van der Waals surface area contributed by atoms with Crippen LogP contribution in [0.15, 0.2) is 24.4 Å². The molecule has 0 unspecified atom stereocenters. The molecule has 0 aliphatic heterocycles. The average molecular weight is 372 g/mol. The molecule has 0 fully saturated rings. The predicted molar refractivity (Wildman–Crippen MR) is 87.4 cm³/mol. The van der Waals surface area contributed by atoms with Gasteiger partial charge in [0.1, 0.15) is 11.3 Å². The van der Waals surface area contributed by atoms with Crippen molar-refractivity contribution in [1.29, 1.82) is 0 Å². The summed E-state index contributed by atoms with van der Waals surface area (Å²) in [5.41, 5.74) is -0.122. The molecule has 8 nitrogen and oxygen atoms in total. The van der Waals surface area contributed by atoms with Gasteiger partial charge in [0, 0.05) is 25.2 Å². The molecule has 0 aliphatic rings. The molecule has 0 radical (unpaired) electrons. The van der Waals surface area contributed by atoms with Gasteiger partial charge in [-0.25, -0.2) is 4.98 Å². The van der Waals surface area contributed by atoms with Crippen LogP contribution < -0.4 is 14.8 Å². The molecule has 1 aromatic heterocycles. The van der Waals surface area contributed by atoms with Gasteiger partial charge in [-0.2, -0.15) is 0 Å². The number of ether oxygens (including phenoxy) is 2. The molecule has 0 aliphatic carbocycles. The summed E-state index contributed by atoms with van der Waals surface area (Å²) in [6.45, 7) is 0. The average Bonchev–Trinajstić information content (AvgIpc) is 2.56. The van der Waals surface area contributed by atoms with E-state index in [0.717, 1.165) is 12.1 Å². The predicted octanol–water partition coefficient (Wildman–Crippen LogP) is 3.46. The van der Waals surface area contributed by atoms with Crippen LogP contribution in [0.5, 0.6) is 17.4 Å². The van der Waals surface area contributed by atoms with E-state index in [1.807, 2.05) is 0 Å². The first-order chi connectivity index (χ1) is 11.4. The van der Waals surface area contributed by atoms with Crippen molar-refractivity contribution < 1.29 is 19.2 Å². The highest BCUT2D eigenvalue weighted by molar-refractivity contribution is 6.37. The highest BCUT2D eigenvalue weighted by Gasteiger charge is 2.18. The summed E-state index contributed by atoms with van der Waals surface area (Å²) in [6, 6.07) is 3.61. The minimum absolute atomic E-state index is 0.0127. The third kappa shape index (κ3) is 3.66. The third-order valence-electron chi connectivity index (χ3n) is 2.90. The smallest absolute Gasteiger partial charge is 0.272 e. The Balaban J connectivity index is 2.42. The van der Waals surface area contributed by atoms with Crippen molar-refractivity contribution in [3.8, 4) is 17.4 Å². The fraction of sp³-hybridized carbons (Fsp3) is 0.143. The first kappa shape index (κ1) is 17.8. The molecule has 0 bridgehead atoms. The number of nitrogens with one attached hydrogen (secondary N) is 1. The maximum absolute atomic E-state index is 11.8. The number of benzene rings is 1. The molecular formula is C14H11Cl2N3O5. The lowest BCUT2D eigenvalue weighted by molar-refractivity contribution is -0.384. The second kappa shape index (κ2) is 7.33. The first-order valence-corrected chi connectivity index (χ1v) is 7.20. The lowest BCUT2D eigenvalue weighted by Gasteiger charge is -2.12. The molecule has 1 heterocycles. The minimum atomic E-state index is -0.625. The van der Waals surface area contributed by atoms with Crippen molar-refractivity contribution in [1.82, 2.24) is 10.3 Å². The Bertz CT molecular complexity index is 790. The maximum Gasteiger partial charge on any atom is 0.272 e. The summed E-state index contributed by atoms with van der Waals surface area (Å²) in [6.07, 6.45) is 1.30. The normalized spacial score (nSPS) is 10.2. The molecule has 1 N–H and O–H groups in total. The van der Waals surface area contributed by atoms with Crippen LogP contribution in [0, 0.1) is 10.1 Å². The zero-order valence-corrected chi connectivity index (χ0v) is 14.0. The molecule has 2 rings (SSSR count). The van der Waals surface area contributed by atoms with Gasteiger partial charge in [0.05, 0.1) is 28.3 Å². The number of methoxy groups -OCH3 is 1. The molecule has 10 heteroatoms. The minimum Gasteiger partial charge on any atom is -0.480 e. The van der Waals surface area contributed by atoms with Crippen LogP contribution in [0.4, 0.5) is 5.69 Å². The third-order valence-corrected chi connectivity index (χ3v) is 3.47. The van der Waals surface area contributed by atoms with Gasteiger partial charge in [-0.05, 0) is 0 Å². The lowest BCUT2D eigenvalue weighted by atomic mass is 10.2. The number of amides is 1. The Morgan fingerprint density at radius 3 is 2.42 bits per heavy atom. The fourth-order valence-corrected chi connectivity index (χ4v) is 2.37. The molecule has 0 atom stereocenters. The van der Waals surface area contributed by atoms with E-state index in [0.29, 0.717) is 0 Å². The van der Waals surface area contributed by atoms with Crippen LogP contribution in [-0.2, 0) is 0 Å². The molecule has 0 saturated carbocycles. The Labute approximate surface area is 146 Å². The largest absolute Gasteiger partial charge is 0.480 e. The van der Waals surface area contributed by atoms with E-state index in [1.165, 1.54) is 26.4 Å². The van der Waals surface area contributed by atoms with Crippen molar-refractivity contribution in [2.45, 2.75) is 0 Å². The number of halogens is 2. The van der Waals surface area contributed by atoms with Crippen LogP contribution >= 0.6 is 23.2 Å². The molecular weight excluding hydrogens is 361 g/mol. The number of carbonyl (C=O) groups excluding carboxylic acids is 1. The van der Waals surface area contributed by atoms with E-state index in [2.05, 4.69) is 10.3 Å². The number of non-ortho nitro benzene ring substituents is 1. The fourth-order valence-electron chi connectivity index (χ4n) is 1.82. The van der Waals surface area contributed by atoms with Crippen LogP contribution in [0.25, 0.3) is 0 Å². The van der Waals surface area contributed by atoms with Gasteiger partial charge >= 0.3 is 0 Å². The second-order valence-corrected chi connectivity index (χ2v) is 5.22. The Morgan fingerprint density at radius 1 is 1.29 bits per heavy atom. The van der Waals surface area contributed by atoms with E-state index >= 15 is 0 Å². The van der Waals surface area contributed by atoms with Crippen LogP contribution in [0.3, 0.4) is 0 Å². The number of nitrogens with zero attached hydrogens (tertiary/aromatic N) is 2. The number of carbonyl (C=O) groups is 1. The zero-order chi connectivity index (χ0) is 17.9. The lowest BCUT2D eigenvalue weighted by Crippen LogP contribution is -2.19. The Kier molecular flexibility index (Phi) is 5.42. The molecule has 1 aromatic carbocycles. The molecule has 1 amide bonds. The van der Waals surface area contributed by atoms with Gasteiger partial charge in [0.15, 0.2) is 5.75 Å². The summed E-state index contributed by atoms with van der Waals surface area (Å²) in [7, 11) is 2.83. The number of aromatic nitrogens is 1. The van der Waals surface area contributed by atoms with Gasteiger partial charge in [-0.15, -0.1) is 0 Å². The number of pyridine rings is 1. The summed E-state index contributed by atoms with van der Waals surface area (Å²) in [4.78, 5) is 26.0. The summed E-state index contributed by atoms with van der Waals surface area (Å²) >= 11 is 12.0. The topological polar surface area (TPSA) is 104 Å². The standard InChI is InChI=1S/C14H11Cl2N3O5/c1-17-13(20)9-5-8(6-18-14(9)23-2)24-12-10(15)3-7(19(21)22)4-11(12)16/h3-6H,1-2H3,(H,17,20).